The molecule has 0 aliphatic carbocycles. The van der Waals surface area contributed by atoms with E-state index in [0.717, 1.165) is 30.5 Å². The maximum absolute atomic E-state index is 11.4. The minimum atomic E-state index is -0.357. The van der Waals surface area contributed by atoms with Gasteiger partial charge in [0.05, 0.1) is 0 Å². The molecule has 4 rings (SSSR count). The van der Waals surface area contributed by atoms with Gasteiger partial charge in [-0.05, 0) is 48.4 Å². The predicted molar refractivity (Wildman–Crippen MR) is 120 cm³/mol. The Morgan fingerprint density at radius 2 is 1.57 bits per heavy atom. The van der Waals surface area contributed by atoms with Gasteiger partial charge in [0.1, 0.15) is 17.9 Å². The first-order chi connectivity index (χ1) is 14.7. The van der Waals surface area contributed by atoms with Crippen molar-refractivity contribution in [1.29, 1.82) is 0 Å². The Labute approximate surface area is 176 Å². The molecule has 30 heavy (non-hydrogen) atoms. The van der Waals surface area contributed by atoms with Gasteiger partial charge in [0.2, 0.25) is 0 Å². The smallest absolute Gasteiger partial charge is 0.336 e. The van der Waals surface area contributed by atoms with Crippen LogP contribution in [0.5, 0.6) is 5.75 Å². The van der Waals surface area contributed by atoms with Gasteiger partial charge in [0.25, 0.3) is 0 Å². The van der Waals surface area contributed by atoms with E-state index in [9.17, 15) is 4.79 Å². The normalized spacial score (nSPS) is 11.1. The fraction of sp³-hybridized carbons (Fsp3) is 0.192. The van der Waals surface area contributed by atoms with Crippen LogP contribution in [0.25, 0.3) is 11.0 Å². The Morgan fingerprint density at radius 1 is 0.833 bits per heavy atom. The molecule has 0 aliphatic rings. The number of hydrogen-bond donors (Lipinski definition) is 0. The van der Waals surface area contributed by atoms with Crippen molar-refractivity contribution in [3.05, 3.63) is 112 Å². The van der Waals surface area contributed by atoms with Gasteiger partial charge >= 0.3 is 5.63 Å². The van der Waals surface area contributed by atoms with Gasteiger partial charge in [0, 0.05) is 30.6 Å². The zero-order valence-electron chi connectivity index (χ0n) is 17.1. The summed E-state index contributed by atoms with van der Waals surface area (Å²) in [5.74, 6) is 0.684. The zero-order chi connectivity index (χ0) is 20.8. The maximum Gasteiger partial charge on any atom is 0.336 e. The molecule has 0 unspecified atom stereocenters. The summed E-state index contributed by atoms with van der Waals surface area (Å²) in [5, 5.41) is 0.878. The number of ether oxygens (including phenoxy) is 1. The van der Waals surface area contributed by atoms with Crippen LogP contribution in [0.1, 0.15) is 16.7 Å². The van der Waals surface area contributed by atoms with E-state index >= 15 is 0 Å². The first-order valence-corrected chi connectivity index (χ1v) is 10.1. The van der Waals surface area contributed by atoms with E-state index in [0.29, 0.717) is 17.9 Å². The number of likely N-dealkylation sites (N-methyl/N-ethyl adjacent to an activating group) is 1. The molecule has 0 aliphatic heterocycles. The number of benzene rings is 3. The van der Waals surface area contributed by atoms with Crippen LogP contribution in [0.2, 0.25) is 0 Å². The van der Waals surface area contributed by atoms with E-state index in [1.165, 1.54) is 17.2 Å². The van der Waals surface area contributed by atoms with Crippen molar-refractivity contribution in [3.8, 4) is 5.75 Å². The van der Waals surface area contributed by atoms with Gasteiger partial charge < -0.3 is 14.1 Å². The van der Waals surface area contributed by atoms with E-state index in [2.05, 4.69) is 60.5 Å². The lowest BCUT2D eigenvalue weighted by molar-refractivity contribution is 0.306. The highest BCUT2D eigenvalue weighted by Gasteiger charge is 2.03. The van der Waals surface area contributed by atoms with Gasteiger partial charge in [-0.3, -0.25) is 0 Å². The molecule has 0 spiro atoms. The first kappa shape index (κ1) is 19.9. The summed E-state index contributed by atoms with van der Waals surface area (Å²) < 4.78 is 11.1. The lowest BCUT2D eigenvalue weighted by atomic mass is 10.1. The second-order valence-corrected chi connectivity index (χ2v) is 7.53. The van der Waals surface area contributed by atoms with Crippen LogP contribution in [0.4, 0.5) is 0 Å². The third-order valence-corrected chi connectivity index (χ3v) is 5.10. The molecule has 0 N–H and O–H groups in total. The quantitative estimate of drug-likeness (QED) is 0.389. The average Bonchev–Trinajstić information content (AvgIpc) is 2.77. The lowest BCUT2D eigenvalue weighted by Crippen LogP contribution is -2.20. The summed E-state index contributed by atoms with van der Waals surface area (Å²) >= 11 is 0. The number of hydrogen-bond acceptors (Lipinski definition) is 4. The Bertz CT molecular complexity index is 1150. The highest BCUT2D eigenvalue weighted by molar-refractivity contribution is 5.77. The molecule has 0 atom stereocenters. The lowest BCUT2D eigenvalue weighted by Gasteiger charge is -2.16. The van der Waals surface area contributed by atoms with Crippen LogP contribution in [0, 0.1) is 0 Å². The van der Waals surface area contributed by atoms with Crippen molar-refractivity contribution in [1.82, 2.24) is 4.90 Å². The summed E-state index contributed by atoms with van der Waals surface area (Å²) in [6.45, 7) is 2.43. The minimum absolute atomic E-state index is 0.357. The first-order valence-electron chi connectivity index (χ1n) is 10.1. The third-order valence-electron chi connectivity index (χ3n) is 5.10. The molecular formula is C26H25NO3. The number of nitrogens with zero attached hydrogens (tertiary/aromatic N) is 1. The Morgan fingerprint density at radius 3 is 2.37 bits per heavy atom. The molecule has 0 saturated heterocycles. The van der Waals surface area contributed by atoms with Crippen molar-refractivity contribution in [2.24, 2.45) is 0 Å². The largest absolute Gasteiger partial charge is 0.489 e. The van der Waals surface area contributed by atoms with Crippen molar-refractivity contribution in [3.63, 3.8) is 0 Å². The number of rotatable bonds is 8. The fourth-order valence-electron chi connectivity index (χ4n) is 3.39. The van der Waals surface area contributed by atoms with Gasteiger partial charge in [-0.15, -0.1) is 0 Å². The van der Waals surface area contributed by atoms with Crippen molar-refractivity contribution in [2.75, 3.05) is 13.6 Å². The molecule has 4 heteroatoms. The molecule has 4 nitrogen and oxygen atoms in total. The Balaban J connectivity index is 1.29. The van der Waals surface area contributed by atoms with Crippen LogP contribution >= 0.6 is 0 Å². The van der Waals surface area contributed by atoms with Gasteiger partial charge in [-0.25, -0.2) is 4.79 Å². The summed E-state index contributed by atoms with van der Waals surface area (Å²) in [5.41, 5.74) is 3.93. The number of fused-ring (bicyclic) bond motifs is 1. The summed E-state index contributed by atoms with van der Waals surface area (Å²) in [6, 6.07) is 27.8. The molecule has 0 radical (unpaired) electrons. The summed E-state index contributed by atoms with van der Waals surface area (Å²) in [4.78, 5) is 13.7. The molecule has 1 aromatic heterocycles. The Hall–Kier alpha value is -3.37. The van der Waals surface area contributed by atoms with Crippen molar-refractivity contribution < 1.29 is 9.15 Å². The standard InChI is InChI=1S/C26H25NO3/c1-27(18-21-5-3-2-4-6-21)16-15-20-7-9-22(10-8-20)19-29-24-13-11-23-12-14-26(28)30-25(23)17-24/h2-14,17H,15-16,18-19H2,1H3. The molecular weight excluding hydrogens is 374 g/mol. The van der Waals surface area contributed by atoms with E-state index in [-0.39, 0.29) is 5.63 Å². The topological polar surface area (TPSA) is 42.7 Å². The van der Waals surface area contributed by atoms with Gasteiger partial charge in [-0.2, -0.15) is 0 Å². The SMILES string of the molecule is CN(CCc1ccc(COc2ccc3ccc(=O)oc3c2)cc1)Cc1ccccc1. The van der Waals surface area contributed by atoms with Crippen LogP contribution in [-0.4, -0.2) is 18.5 Å². The van der Waals surface area contributed by atoms with Crippen LogP contribution in [0.15, 0.2) is 94.1 Å². The fourth-order valence-corrected chi connectivity index (χ4v) is 3.39. The van der Waals surface area contributed by atoms with Gasteiger partial charge in [0.15, 0.2) is 0 Å². The third kappa shape index (κ3) is 5.37. The zero-order valence-corrected chi connectivity index (χ0v) is 17.1. The molecule has 1 heterocycles. The van der Waals surface area contributed by atoms with Crippen molar-refractivity contribution in [2.45, 2.75) is 19.6 Å². The van der Waals surface area contributed by atoms with Crippen LogP contribution in [-0.2, 0) is 19.6 Å². The molecule has 0 saturated carbocycles. The Kier molecular flexibility index (Phi) is 6.26. The van der Waals surface area contributed by atoms with E-state index in [1.807, 2.05) is 18.2 Å². The summed E-state index contributed by atoms with van der Waals surface area (Å²) in [7, 11) is 2.15. The monoisotopic (exact) mass is 399 g/mol. The van der Waals surface area contributed by atoms with E-state index < -0.39 is 0 Å². The van der Waals surface area contributed by atoms with E-state index in [1.54, 1.807) is 12.1 Å². The van der Waals surface area contributed by atoms with Crippen LogP contribution in [0.3, 0.4) is 0 Å². The average molecular weight is 399 g/mol. The molecule has 3 aromatic carbocycles. The second kappa shape index (κ2) is 9.42. The molecule has 0 bridgehead atoms. The molecule has 0 amide bonds. The molecule has 4 aromatic rings. The highest BCUT2D eigenvalue weighted by atomic mass is 16.5. The molecule has 152 valence electrons. The molecule has 0 fully saturated rings. The van der Waals surface area contributed by atoms with E-state index in [4.69, 9.17) is 9.15 Å². The predicted octanol–water partition coefficient (Wildman–Crippen LogP) is 5.05. The highest BCUT2D eigenvalue weighted by Crippen LogP contribution is 2.20. The maximum atomic E-state index is 11.4. The van der Waals surface area contributed by atoms with Crippen LogP contribution < -0.4 is 10.4 Å². The van der Waals surface area contributed by atoms with Crippen molar-refractivity contribution >= 4 is 11.0 Å². The van der Waals surface area contributed by atoms with Gasteiger partial charge in [-0.1, -0.05) is 54.6 Å². The minimum Gasteiger partial charge on any atom is -0.489 e. The summed E-state index contributed by atoms with van der Waals surface area (Å²) in [6.07, 6.45) is 1.01. The second-order valence-electron chi connectivity index (χ2n) is 7.53.